The number of ketones is 1. The molecule has 1 aliphatic rings. The highest BCUT2D eigenvalue weighted by Gasteiger charge is 2.32. The van der Waals surface area contributed by atoms with Gasteiger partial charge in [-0.05, 0) is 36.8 Å². The second-order valence-electron chi connectivity index (χ2n) is 5.66. The molecule has 0 saturated heterocycles. The first-order valence-corrected chi connectivity index (χ1v) is 8.45. The number of aromatic amines is 1. The van der Waals surface area contributed by atoms with Gasteiger partial charge in [-0.2, -0.15) is 0 Å². The first kappa shape index (κ1) is 15.0. The Kier molecular flexibility index (Phi) is 4.16. The third kappa shape index (κ3) is 2.61. The highest BCUT2D eigenvalue weighted by Crippen LogP contribution is 2.36. The molecular formula is C17H19NO3S. The standard InChI is InChI=1S/C17H19NO3S/c1-3-6-21-17(20)16-10(2)15-12(18-16)8-11(9-13(15)19)14-5-4-7-22-14/h4-5,7,11,18H,3,6,8-9H2,1-2H3. The van der Waals surface area contributed by atoms with Gasteiger partial charge in [0.15, 0.2) is 5.78 Å². The average molecular weight is 317 g/mol. The Morgan fingerprint density at radius 1 is 1.45 bits per heavy atom. The zero-order valence-corrected chi connectivity index (χ0v) is 13.6. The van der Waals surface area contributed by atoms with Crippen molar-refractivity contribution in [2.75, 3.05) is 6.61 Å². The smallest absolute Gasteiger partial charge is 0.355 e. The van der Waals surface area contributed by atoms with Gasteiger partial charge in [-0.3, -0.25) is 4.79 Å². The Hall–Kier alpha value is -1.88. The first-order chi connectivity index (χ1) is 10.6. The van der Waals surface area contributed by atoms with Crippen molar-refractivity contribution < 1.29 is 14.3 Å². The zero-order valence-electron chi connectivity index (χ0n) is 12.8. The fourth-order valence-corrected chi connectivity index (χ4v) is 3.86. The van der Waals surface area contributed by atoms with Crippen LogP contribution < -0.4 is 0 Å². The van der Waals surface area contributed by atoms with Crippen LogP contribution in [0.2, 0.25) is 0 Å². The molecule has 5 heteroatoms. The number of thiophene rings is 1. The summed E-state index contributed by atoms with van der Waals surface area (Å²) >= 11 is 1.68. The summed E-state index contributed by atoms with van der Waals surface area (Å²) < 4.78 is 5.19. The Bertz CT molecular complexity index is 700. The summed E-state index contributed by atoms with van der Waals surface area (Å²) in [6.45, 7) is 4.17. The fourth-order valence-electron chi connectivity index (χ4n) is 3.03. The van der Waals surface area contributed by atoms with Gasteiger partial charge in [-0.1, -0.05) is 13.0 Å². The van der Waals surface area contributed by atoms with Gasteiger partial charge in [0.1, 0.15) is 5.69 Å². The number of rotatable bonds is 4. The largest absolute Gasteiger partial charge is 0.461 e. The number of esters is 1. The zero-order chi connectivity index (χ0) is 15.7. The summed E-state index contributed by atoms with van der Waals surface area (Å²) in [6.07, 6.45) is 2.06. The van der Waals surface area contributed by atoms with Crippen molar-refractivity contribution in [1.82, 2.24) is 4.98 Å². The third-order valence-corrected chi connectivity index (χ3v) is 5.11. The number of nitrogens with one attached hydrogen (secondary N) is 1. The van der Waals surface area contributed by atoms with Crippen LogP contribution in [-0.4, -0.2) is 23.3 Å². The number of ether oxygens (including phenoxy) is 1. The van der Waals surface area contributed by atoms with E-state index >= 15 is 0 Å². The van der Waals surface area contributed by atoms with E-state index < -0.39 is 0 Å². The number of fused-ring (bicyclic) bond motifs is 1. The molecule has 0 radical (unpaired) electrons. The van der Waals surface area contributed by atoms with Crippen molar-refractivity contribution in [3.63, 3.8) is 0 Å². The van der Waals surface area contributed by atoms with E-state index in [9.17, 15) is 9.59 Å². The SMILES string of the molecule is CCCOC(=O)c1[nH]c2c(c1C)C(=O)CC(c1cccs1)C2. The topological polar surface area (TPSA) is 59.2 Å². The quantitative estimate of drug-likeness (QED) is 0.871. The van der Waals surface area contributed by atoms with Gasteiger partial charge < -0.3 is 9.72 Å². The lowest BCUT2D eigenvalue weighted by Crippen LogP contribution is -2.17. The first-order valence-electron chi connectivity index (χ1n) is 7.57. The number of hydrogen-bond acceptors (Lipinski definition) is 4. The van der Waals surface area contributed by atoms with Crippen LogP contribution in [0.4, 0.5) is 0 Å². The van der Waals surface area contributed by atoms with Crippen LogP contribution in [0, 0.1) is 6.92 Å². The van der Waals surface area contributed by atoms with E-state index in [4.69, 9.17) is 4.74 Å². The molecule has 1 N–H and O–H groups in total. The molecule has 4 nitrogen and oxygen atoms in total. The minimum atomic E-state index is -0.366. The number of H-pyrrole nitrogens is 1. The molecule has 2 aromatic heterocycles. The van der Waals surface area contributed by atoms with E-state index in [0.29, 0.717) is 24.3 Å². The molecule has 0 bridgehead atoms. The monoisotopic (exact) mass is 317 g/mol. The highest BCUT2D eigenvalue weighted by molar-refractivity contribution is 7.10. The van der Waals surface area contributed by atoms with Crippen LogP contribution in [0.25, 0.3) is 0 Å². The number of hydrogen-bond donors (Lipinski definition) is 1. The van der Waals surface area contributed by atoms with Gasteiger partial charge in [0.2, 0.25) is 0 Å². The maximum Gasteiger partial charge on any atom is 0.355 e. The van der Waals surface area contributed by atoms with E-state index in [2.05, 4.69) is 11.1 Å². The second-order valence-corrected chi connectivity index (χ2v) is 6.64. The lowest BCUT2D eigenvalue weighted by atomic mass is 9.84. The van der Waals surface area contributed by atoms with Gasteiger partial charge in [-0.25, -0.2) is 4.79 Å². The Morgan fingerprint density at radius 2 is 2.27 bits per heavy atom. The lowest BCUT2D eigenvalue weighted by Gasteiger charge is -2.20. The van der Waals surface area contributed by atoms with Crippen molar-refractivity contribution in [3.05, 3.63) is 44.9 Å². The molecule has 2 heterocycles. The van der Waals surface area contributed by atoms with E-state index in [1.165, 1.54) is 4.88 Å². The van der Waals surface area contributed by atoms with E-state index in [-0.39, 0.29) is 17.7 Å². The van der Waals surface area contributed by atoms with Crippen molar-refractivity contribution >= 4 is 23.1 Å². The molecule has 1 aliphatic carbocycles. The molecule has 0 fully saturated rings. The van der Waals surface area contributed by atoms with Crippen molar-refractivity contribution in [2.45, 2.75) is 39.0 Å². The molecule has 1 unspecified atom stereocenters. The molecule has 22 heavy (non-hydrogen) atoms. The van der Waals surface area contributed by atoms with E-state index in [1.807, 2.05) is 25.3 Å². The summed E-state index contributed by atoms with van der Waals surface area (Å²) in [5.41, 5.74) is 2.72. The van der Waals surface area contributed by atoms with Gasteiger partial charge >= 0.3 is 5.97 Å². The molecular weight excluding hydrogens is 298 g/mol. The van der Waals surface area contributed by atoms with Gasteiger partial charge in [-0.15, -0.1) is 11.3 Å². The molecule has 0 aliphatic heterocycles. The summed E-state index contributed by atoms with van der Waals surface area (Å²) in [5.74, 6) is -0.0465. The molecule has 1 atom stereocenters. The molecule has 0 amide bonds. The predicted octanol–water partition coefficient (Wildman–Crippen LogP) is 3.86. The number of Topliss-reactive ketones (excluding diaryl/α,β-unsaturated/α-hetero) is 1. The van der Waals surface area contributed by atoms with Gasteiger partial charge in [0.05, 0.1) is 6.61 Å². The number of carbonyl (C=O) groups is 2. The Balaban J connectivity index is 1.90. The van der Waals surface area contributed by atoms with Gasteiger partial charge in [0.25, 0.3) is 0 Å². The number of aromatic nitrogens is 1. The Morgan fingerprint density at radius 3 is 2.95 bits per heavy atom. The van der Waals surface area contributed by atoms with E-state index in [0.717, 1.165) is 24.1 Å². The maximum atomic E-state index is 12.5. The fraction of sp³-hybridized carbons (Fsp3) is 0.412. The maximum absolute atomic E-state index is 12.5. The lowest BCUT2D eigenvalue weighted by molar-refractivity contribution is 0.0498. The normalized spacial score (nSPS) is 17.4. The van der Waals surface area contributed by atoms with Crippen LogP contribution >= 0.6 is 11.3 Å². The summed E-state index contributed by atoms with van der Waals surface area (Å²) in [6, 6.07) is 4.08. The summed E-state index contributed by atoms with van der Waals surface area (Å²) in [4.78, 5) is 29.0. The highest BCUT2D eigenvalue weighted by atomic mass is 32.1. The van der Waals surface area contributed by atoms with Crippen molar-refractivity contribution in [1.29, 1.82) is 0 Å². The molecule has 2 aromatic rings. The Labute approximate surface area is 133 Å². The minimum Gasteiger partial charge on any atom is -0.461 e. The summed E-state index contributed by atoms with van der Waals surface area (Å²) in [5, 5.41) is 2.03. The average Bonchev–Trinajstić information content (AvgIpc) is 3.13. The predicted molar refractivity (Wildman–Crippen MR) is 85.8 cm³/mol. The molecule has 3 rings (SSSR count). The molecule has 116 valence electrons. The second kappa shape index (κ2) is 6.08. The van der Waals surface area contributed by atoms with Crippen LogP contribution in [-0.2, 0) is 11.2 Å². The van der Waals surface area contributed by atoms with E-state index in [1.54, 1.807) is 11.3 Å². The third-order valence-electron chi connectivity index (χ3n) is 4.08. The van der Waals surface area contributed by atoms with Crippen molar-refractivity contribution in [3.8, 4) is 0 Å². The van der Waals surface area contributed by atoms with Crippen LogP contribution in [0.3, 0.4) is 0 Å². The van der Waals surface area contributed by atoms with Crippen LogP contribution in [0.5, 0.6) is 0 Å². The molecule has 0 aromatic carbocycles. The minimum absolute atomic E-state index is 0.114. The molecule has 0 spiro atoms. The molecule has 0 saturated carbocycles. The van der Waals surface area contributed by atoms with Gasteiger partial charge in [0, 0.05) is 28.5 Å². The van der Waals surface area contributed by atoms with Crippen LogP contribution in [0.15, 0.2) is 17.5 Å². The van der Waals surface area contributed by atoms with Crippen molar-refractivity contribution in [2.24, 2.45) is 0 Å². The summed E-state index contributed by atoms with van der Waals surface area (Å²) in [7, 11) is 0. The van der Waals surface area contributed by atoms with Crippen LogP contribution in [0.1, 0.15) is 62.7 Å². The number of carbonyl (C=O) groups excluding carboxylic acids is 2.